The van der Waals surface area contributed by atoms with Gasteiger partial charge < -0.3 is 5.32 Å². The predicted octanol–water partition coefficient (Wildman–Crippen LogP) is 3.80. The van der Waals surface area contributed by atoms with E-state index in [4.69, 9.17) is 11.6 Å². The molecule has 6 heteroatoms. The number of pyridine rings is 1. The average molecular weight is 277 g/mol. The highest BCUT2D eigenvalue weighted by Crippen LogP contribution is 2.27. The van der Waals surface area contributed by atoms with E-state index in [1.807, 2.05) is 6.07 Å². The summed E-state index contributed by atoms with van der Waals surface area (Å²) in [7, 11) is 0. The van der Waals surface area contributed by atoms with E-state index >= 15 is 0 Å². The van der Waals surface area contributed by atoms with Gasteiger partial charge in [-0.2, -0.15) is 5.10 Å². The molecule has 0 radical (unpaired) electrons. The van der Waals surface area contributed by atoms with E-state index in [0.29, 0.717) is 22.1 Å². The summed E-state index contributed by atoms with van der Waals surface area (Å²) in [4.78, 5) is 4.18. The molecule has 0 aliphatic carbocycles. The maximum absolute atomic E-state index is 13.2. The van der Waals surface area contributed by atoms with Crippen LogP contribution in [0.3, 0.4) is 0 Å². The van der Waals surface area contributed by atoms with Gasteiger partial charge in [0, 0.05) is 11.1 Å². The van der Waals surface area contributed by atoms with Crippen LogP contribution in [-0.4, -0.2) is 15.2 Å². The molecule has 19 heavy (non-hydrogen) atoms. The molecule has 0 atom stereocenters. The summed E-state index contributed by atoms with van der Waals surface area (Å²) in [5, 5.41) is 10.9. The Morgan fingerprint density at radius 2 is 2.16 bits per heavy atom. The summed E-state index contributed by atoms with van der Waals surface area (Å²) in [5.41, 5.74) is 2.61. The Kier molecular flexibility index (Phi) is 2.83. The number of H-pyrrole nitrogens is 1. The fourth-order valence-electron chi connectivity index (χ4n) is 1.82. The second-order valence-corrected chi connectivity index (χ2v) is 4.58. The smallest absolute Gasteiger partial charge is 0.157 e. The Morgan fingerprint density at radius 3 is 2.95 bits per heavy atom. The van der Waals surface area contributed by atoms with Crippen LogP contribution < -0.4 is 5.32 Å². The number of nitrogens with one attached hydrogen (secondary N) is 2. The number of rotatable bonds is 2. The number of hydrogen-bond acceptors (Lipinski definition) is 3. The third-order valence-corrected chi connectivity index (χ3v) is 3.10. The molecule has 0 saturated carbocycles. The first-order chi connectivity index (χ1) is 9.13. The lowest BCUT2D eigenvalue weighted by atomic mass is 10.2. The van der Waals surface area contributed by atoms with Crippen molar-refractivity contribution in [3.05, 3.63) is 47.0 Å². The lowest BCUT2D eigenvalue weighted by Gasteiger charge is -2.09. The SMILES string of the molecule is Cc1cc(Nc2cc3cn[nH]c3nc2Cl)ccc1F. The lowest BCUT2D eigenvalue weighted by Crippen LogP contribution is -1.94. The van der Waals surface area contributed by atoms with Gasteiger partial charge >= 0.3 is 0 Å². The van der Waals surface area contributed by atoms with Crippen LogP contribution in [0.5, 0.6) is 0 Å². The lowest BCUT2D eigenvalue weighted by molar-refractivity contribution is 0.619. The van der Waals surface area contributed by atoms with Crippen molar-refractivity contribution in [2.45, 2.75) is 6.92 Å². The summed E-state index contributed by atoms with van der Waals surface area (Å²) < 4.78 is 13.2. The number of aromatic amines is 1. The van der Waals surface area contributed by atoms with E-state index in [0.717, 1.165) is 11.1 Å². The van der Waals surface area contributed by atoms with E-state index in [1.165, 1.54) is 6.07 Å². The number of aromatic nitrogens is 3. The fraction of sp³-hybridized carbons (Fsp3) is 0.0769. The van der Waals surface area contributed by atoms with Gasteiger partial charge in [-0.25, -0.2) is 9.37 Å². The van der Waals surface area contributed by atoms with Crippen LogP contribution in [-0.2, 0) is 0 Å². The highest BCUT2D eigenvalue weighted by atomic mass is 35.5. The molecule has 0 amide bonds. The third kappa shape index (κ3) is 2.24. The van der Waals surface area contributed by atoms with Gasteiger partial charge in [0.05, 0.1) is 11.9 Å². The zero-order valence-corrected chi connectivity index (χ0v) is 10.8. The number of hydrogen-bond donors (Lipinski definition) is 2. The first kappa shape index (κ1) is 11.9. The second kappa shape index (κ2) is 4.51. The third-order valence-electron chi connectivity index (χ3n) is 2.82. The zero-order chi connectivity index (χ0) is 13.4. The van der Waals surface area contributed by atoms with Crippen LogP contribution in [0.4, 0.5) is 15.8 Å². The number of anilines is 2. The average Bonchev–Trinajstić information content (AvgIpc) is 2.81. The molecule has 0 bridgehead atoms. The molecule has 0 unspecified atom stereocenters. The van der Waals surface area contributed by atoms with Gasteiger partial charge in [-0.1, -0.05) is 11.6 Å². The van der Waals surface area contributed by atoms with E-state index in [2.05, 4.69) is 20.5 Å². The standard InChI is InChI=1S/C13H10ClFN4/c1-7-4-9(2-3-10(7)15)17-11-5-8-6-16-19-13(8)18-12(11)14/h2-6,17H,1H3,(H,16,18,19). The van der Waals surface area contributed by atoms with Gasteiger partial charge in [0.1, 0.15) is 5.82 Å². The molecule has 0 saturated heterocycles. The molecule has 4 nitrogen and oxygen atoms in total. The molecule has 0 aliphatic rings. The summed E-state index contributed by atoms with van der Waals surface area (Å²) in [6, 6.07) is 6.62. The summed E-state index contributed by atoms with van der Waals surface area (Å²) in [5.74, 6) is -0.236. The van der Waals surface area contributed by atoms with Gasteiger partial charge in [0.25, 0.3) is 0 Å². The van der Waals surface area contributed by atoms with Gasteiger partial charge in [-0.15, -0.1) is 0 Å². The normalized spacial score (nSPS) is 10.9. The molecule has 2 aromatic heterocycles. The Bertz CT molecular complexity index is 753. The molecule has 3 rings (SSSR count). The molecule has 0 aliphatic heterocycles. The molecule has 96 valence electrons. The van der Waals surface area contributed by atoms with Crippen molar-refractivity contribution < 1.29 is 4.39 Å². The Morgan fingerprint density at radius 1 is 1.32 bits per heavy atom. The van der Waals surface area contributed by atoms with E-state index < -0.39 is 0 Å². The van der Waals surface area contributed by atoms with Gasteiger partial charge in [-0.3, -0.25) is 5.10 Å². The van der Waals surface area contributed by atoms with Crippen molar-refractivity contribution in [1.82, 2.24) is 15.2 Å². The quantitative estimate of drug-likeness (QED) is 0.700. The molecule has 1 aromatic carbocycles. The first-order valence-electron chi connectivity index (χ1n) is 5.66. The number of fused-ring (bicyclic) bond motifs is 1. The molecule has 2 N–H and O–H groups in total. The fourth-order valence-corrected chi connectivity index (χ4v) is 2.01. The van der Waals surface area contributed by atoms with Crippen LogP contribution in [0.15, 0.2) is 30.5 Å². The van der Waals surface area contributed by atoms with Crippen molar-refractivity contribution in [3.8, 4) is 0 Å². The Labute approximate surface area is 113 Å². The number of benzene rings is 1. The van der Waals surface area contributed by atoms with E-state index in [-0.39, 0.29) is 5.82 Å². The number of nitrogens with zero attached hydrogens (tertiary/aromatic N) is 2. The van der Waals surface area contributed by atoms with Crippen LogP contribution >= 0.6 is 11.6 Å². The van der Waals surface area contributed by atoms with Crippen LogP contribution in [0.1, 0.15) is 5.56 Å². The maximum Gasteiger partial charge on any atom is 0.157 e. The molecule has 2 heterocycles. The minimum Gasteiger partial charge on any atom is -0.353 e. The van der Waals surface area contributed by atoms with Crippen LogP contribution in [0, 0.1) is 12.7 Å². The van der Waals surface area contributed by atoms with Gasteiger partial charge in [-0.05, 0) is 36.8 Å². The second-order valence-electron chi connectivity index (χ2n) is 4.22. The van der Waals surface area contributed by atoms with Crippen molar-refractivity contribution in [3.63, 3.8) is 0 Å². The van der Waals surface area contributed by atoms with Crippen molar-refractivity contribution in [1.29, 1.82) is 0 Å². The molecular weight excluding hydrogens is 267 g/mol. The largest absolute Gasteiger partial charge is 0.353 e. The summed E-state index contributed by atoms with van der Waals surface area (Å²) >= 11 is 6.09. The van der Waals surface area contributed by atoms with Crippen molar-refractivity contribution >= 4 is 34.0 Å². The van der Waals surface area contributed by atoms with E-state index in [1.54, 1.807) is 25.3 Å². The monoisotopic (exact) mass is 276 g/mol. The van der Waals surface area contributed by atoms with Crippen molar-refractivity contribution in [2.24, 2.45) is 0 Å². The predicted molar refractivity (Wildman–Crippen MR) is 73.3 cm³/mol. The van der Waals surface area contributed by atoms with Crippen LogP contribution in [0.2, 0.25) is 5.15 Å². The molecule has 0 fully saturated rings. The molecule has 0 spiro atoms. The topological polar surface area (TPSA) is 53.6 Å². The summed E-state index contributed by atoms with van der Waals surface area (Å²) in [6.45, 7) is 1.71. The van der Waals surface area contributed by atoms with Crippen molar-refractivity contribution in [2.75, 3.05) is 5.32 Å². The number of aryl methyl sites for hydroxylation is 1. The summed E-state index contributed by atoms with van der Waals surface area (Å²) in [6.07, 6.45) is 1.67. The maximum atomic E-state index is 13.2. The van der Waals surface area contributed by atoms with E-state index in [9.17, 15) is 4.39 Å². The minimum atomic E-state index is -0.236. The Balaban J connectivity index is 1.99. The molecular formula is C13H10ClFN4. The zero-order valence-electron chi connectivity index (χ0n) is 10.0. The molecule has 3 aromatic rings. The highest BCUT2D eigenvalue weighted by Gasteiger charge is 2.07. The minimum absolute atomic E-state index is 0.236. The highest BCUT2D eigenvalue weighted by molar-refractivity contribution is 6.32. The number of halogens is 2. The van der Waals surface area contributed by atoms with Gasteiger partial charge in [0.2, 0.25) is 0 Å². The van der Waals surface area contributed by atoms with Gasteiger partial charge in [0.15, 0.2) is 10.8 Å². The Hall–Kier alpha value is -2.14. The first-order valence-corrected chi connectivity index (χ1v) is 6.04. The van der Waals surface area contributed by atoms with Crippen LogP contribution in [0.25, 0.3) is 11.0 Å².